The number of rotatable bonds is 4. The third-order valence-corrected chi connectivity index (χ3v) is 5.81. The Bertz CT molecular complexity index is 476. The zero-order valence-corrected chi connectivity index (χ0v) is 12.5. The maximum Gasteiger partial charge on any atom is 0.230 e. The van der Waals surface area contributed by atoms with Crippen LogP contribution in [0.4, 0.5) is 5.69 Å². The van der Waals surface area contributed by atoms with E-state index in [1.165, 1.54) is 25.0 Å². The Hall–Kier alpha value is -1.16. The van der Waals surface area contributed by atoms with Crippen molar-refractivity contribution in [2.45, 2.75) is 42.8 Å². The number of nitrogen functional groups attached to an aromatic ring is 1. The Morgan fingerprint density at radius 2 is 2.05 bits per heavy atom. The van der Waals surface area contributed by atoms with E-state index in [0.29, 0.717) is 5.25 Å². The smallest absolute Gasteiger partial charge is 0.230 e. The van der Waals surface area contributed by atoms with Crippen LogP contribution in [0.5, 0.6) is 0 Å². The lowest BCUT2D eigenvalue weighted by atomic mass is 9.94. The number of nitrogens with two attached hydrogens (primary N) is 1. The Morgan fingerprint density at radius 1 is 1.30 bits per heavy atom. The molecular formula is C16H22N2OS. The lowest BCUT2D eigenvalue weighted by molar-refractivity contribution is -0.123. The molecule has 0 radical (unpaired) electrons. The van der Waals surface area contributed by atoms with E-state index in [1.54, 1.807) is 0 Å². The van der Waals surface area contributed by atoms with E-state index in [0.717, 1.165) is 30.6 Å². The maximum absolute atomic E-state index is 12.5. The number of hydrogen-bond acceptors (Lipinski definition) is 3. The fourth-order valence-corrected chi connectivity index (χ4v) is 4.16. The largest absolute Gasteiger partial charge is 0.399 e. The number of amides is 1. The highest BCUT2D eigenvalue weighted by molar-refractivity contribution is 7.99. The van der Waals surface area contributed by atoms with Crippen molar-refractivity contribution in [2.75, 3.05) is 18.0 Å². The molecule has 1 amide bonds. The van der Waals surface area contributed by atoms with E-state index >= 15 is 0 Å². The van der Waals surface area contributed by atoms with Gasteiger partial charge in [0.25, 0.3) is 0 Å². The van der Waals surface area contributed by atoms with E-state index in [1.807, 2.05) is 36.0 Å². The topological polar surface area (TPSA) is 55.1 Å². The van der Waals surface area contributed by atoms with Gasteiger partial charge in [0, 0.05) is 17.5 Å². The van der Waals surface area contributed by atoms with Crippen LogP contribution < -0.4 is 11.1 Å². The first kappa shape index (κ1) is 13.8. The second-order valence-corrected chi connectivity index (χ2v) is 7.31. The van der Waals surface area contributed by atoms with Crippen LogP contribution in [0.15, 0.2) is 24.3 Å². The number of carbonyl (C=O) groups is 1. The molecule has 4 heteroatoms. The van der Waals surface area contributed by atoms with E-state index < -0.39 is 0 Å². The minimum atomic E-state index is -0.271. The van der Waals surface area contributed by atoms with E-state index in [4.69, 9.17) is 5.73 Å². The Kier molecular flexibility index (Phi) is 3.92. The molecule has 108 valence electrons. The van der Waals surface area contributed by atoms with Crippen LogP contribution in [-0.2, 0) is 10.2 Å². The average molecular weight is 290 g/mol. The van der Waals surface area contributed by atoms with Crippen LogP contribution in [0, 0.1) is 0 Å². The van der Waals surface area contributed by atoms with Crippen LogP contribution in [0.25, 0.3) is 0 Å². The SMILES string of the molecule is Nc1ccc(C2(C(=O)NCC3CCCCS3)CC2)cc1. The molecule has 1 aromatic carbocycles. The predicted molar refractivity (Wildman–Crippen MR) is 84.9 cm³/mol. The zero-order valence-electron chi connectivity index (χ0n) is 11.7. The number of thioether (sulfide) groups is 1. The van der Waals surface area contributed by atoms with Gasteiger partial charge in [-0.15, -0.1) is 0 Å². The molecule has 1 aromatic rings. The second kappa shape index (κ2) is 5.68. The van der Waals surface area contributed by atoms with Crippen LogP contribution in [0.3, 0.4) is 0 Å². The Balaban J connectivity index is 1.60. The van der Waals surface area contributed by atoms with Gasteiger partial charge in [-0.1, -0.05) is 18.6 Å². The van der Waals surface area contributed by atoms with Gasteiger partial charge in [-0.05, 0) is 49.1 Å². The van der Waals surface area contributed by atoms with Gasteiger partial charge >= 0.3 is 0 Å². The second-order valence-electron chi connectivity index (χ2n) is 5.90. The predicted octanol–water partition coefficient (Wildman–Crippen LogP) is 2.70. The van der Waals surface area contributed by atoms with Crippen LogP contribution >= 0.6 is 11.8 Å². The fraction of sp³-hybridized carbons (Fsp3) is 0.562. The van der Waals surface area contributed by atoms with Crippen molar-refractivity contribution in [3.05, 3.63) is 29.8 Å². The molecule has 0 aromatic heterocycles. The van der Waals surface area contributed by atoms with Gasteiger partial charge in [-0.2, -0.15) is 11.8 Å². The number of benzene rings is 1. The van der Waals surface area contributed by atoms with Crippen molar-refractivity contribution < 1.29 is 4.79 Å². The number of nitrogens with one attached hydrogen (secondary N) is 1. The summed E-state index contributed by atoms with van der Waals surface area (Å²) in [4.78, 5) is 12.5. The molecule has 1 unspecified atom stereocenters. The summed E-state index contributed by atoms with van der Waals surface area (Å²) in [6.07, 6.45) is 5.78. The van der Waals surface area contributed by atoms with Gasteiger partial charge < -0.3 is 11.1 Å². The first-order valence-electron chi connectivity index (χ1n) is 7.47. The van der Waals surface area contributed by atoms with Crippen molar-refractivity contribution >= 4 is 23.4 Å². The van der Waals surface area contributed by atoms with E-state index in [2.05, 4.69) is 5.32 Å². The number of anilines is 1. The summed E-state index contributed by atoms with van der Waals surface area (Å²) in [6.45, 7) is 0.820. The molecule has 1 saturated heterocycles. The maximum atomic E-state index is 12.5. The first-order valence-corrected chi connectivity index (χ1v) is 8.51. The van der Waals surface area contributed by atoms with Gasteiger partial charge in [0.05, 0.1) is 5.41 Å². The van der Waals surface area contributed by atoms with Crippen molar-refractivity contribution in [1.82, 2.24) is 5.32 Å². The summed E-state index contributed by atoms with van der Waals surface area (Å²) in [7, 11) is 0. The zero-order chi connectivity index (χ0) is 14.0. The minimum Gasteiger partial charge on any atom is -0.399 e. The molecule has 0 spiro atoms. The van der Waals surface area contributed by atoms with Gasteiger partial charge in [0.2, 0.25) is 5.91 Å². The van der Waals surface area contributed by atoms with E-state index in [-0.39, 0.29) is 11.3 Å². The lowest BCUT2D eigenvalue weighted by Crippen LogP contribution is -2.39. The monoisotopic (exact) mass is 290 g/mol. The molecule has 2 aliphatic rings. The van der Waals surface area contributed by atoms with Crippen molar-refractivity contribution in [2.24, 2.45) is 0 Å². The highest BCUT2D eigenvalue weighted by atomic mass is 32.2. The number of carbonyl (C=O) groups excluding carboxylic acids is 1. The van der Waals surface area contributed by atoms with Crippen LogP contribution in [-0.4, -0.2) is 23.5 Å². The van der Waals surface area contributed by atoms with Gasteiger partial charge in [-0.25, -0.2) is 0 Å². The first-order chi connectivity index (χ1) is 9.71. The molecule has 3 N–H and O–H groups in total. The van der Waals surface area contributed by atoms with Crippen molar-refractivity contribution in [3.63, 3.8) is 0 Å². The standard InChI is InChI=1S/C16H22N2OS/c17-13-6-4-12(5-7-13)16(8-9-16)15(19)18-11-14-3-1-2-10-20-14/h4-7,14H,1-3,8-11,17H2,(H,18,19). The van der Waals surface area contributed by atoms with Crippen molar-refractivity contribution in [1.29, 1.82) is 0 Å². The molecular weight excluding hydrogens is 268 g/mol. The van der Waals surface area contributed by atoms with Gasteiger partial charge in [0.1, 0.15) is 0 Å². The number of hydrogen-bond donors (Lipinski definition) is 2. The summed E-state index contributed by atoms with van der Waals surface area (Å²) < 4.78 is 0. The fourth-order valence-electron chi connectivity index (χ4n) is 2.92. The quantitative estimate of drug-likeness (QED) is 0.838. The average Bonchev–Trinajstić information content (AvgIpc) is 3.28. The highest BCUT2D eigenvalue weighted by Crippen LogP contribution is 2.48. The van der Waals surface area contributed by atoms with Crippen molar-refractivity contribution in [3.8, 4) is 0 Å². The minimum absolute atomic E-state index is 0.202. The summed E-state index contributed by atoms with van der Waals surface area (Å²) in [6, 6.07) is 7.77. The molecule has 20 heavy (non-hydrogen) atoms. The molecule has 1 aliphatic heterocycles. The molecule has 0 bridgehead atoms. The lowest BCUT2D eigenvalue weighted by Gasteiger charge is -2.23. The van der Waals surface area contributed by atoms with Gasteiger partial charge in [-0.3, -0.25) is 4.79 Å². The Labute approximate surface area is 124 Å². The molecule has 2 fully saturated rings. The third kappa shape index (κ3) is 2.80. The summed E-state index contributed by atoms with van der Waals surface area (Å²) in [5.41, 5.74) is 7.31. The Morgan fingerprint density at radius 3 is 2.65 bits per heavy atom. The molecule has 1 saturated carbocycles. The normalized spacial score (nSPS) is 24.1. The highest BCUT2D eigenvalue weighted by Gasteiger charge is 2.51. The summed E-state index contributed by atoms with van der Waals surface area (Å²) in [5.74, 6) is 1.44. The molecule has 3 rings (SSSR count). The molecule has 1 heterocycles. The summed E-state index contributed by atoms with van der Waals surface area (Å²) in [5, 5.41) is 3.78. The van der Waals surface area contributed by atoms with Gasteiger partial charge in [0.15, 0.2) is 0 Å². The van der Waals surface area contributed by atoms with E-state index in [9.17, 15) is 4.79 Å². The summed E-state index contributed by atoms with van der Waals surface area (Å²) >= 11 is 2.00. The molecule has 3 nitrogen and oxygen atoms in total. The van der Waals surface area contributed by atoms with Crippen LogP contribution in [0.1, 0.15) is 37.7 Å². The molecule has 1 atom stereocenters. The third-order valence-electron chi connectivity index (χ3n) is 4.41. The van der Waals surface area contributed by atoms with Crippen LogP contribution in [0.2, 0.25) is 0 Å². The molecule has 1 aliphatic carbocycles.